The largest absolute Gasteiger partial charge is 0.493 e. The summed E-state index contributed by atoms with van der Waals surface area (Å²) in [5, 5.41) is 6.26. The van der Waals surface area contributed by atoms with Gasteiger partial charge in [-0.15, -0.1) is 0 Å². The fourth-order valence-corrected chi connectivity index (χ4v) is 2.57. The van der Waals surface area contributed by atoms with Crippen molar-refractivity contribution >= 4 is 5.91 Å². The molecule has 0 saturated carbocycles. The van der Waals surface area contributed by atoms with E-state index in [4.69, 9.17) is 9.47 Å². The molecule has 1 atom stereocenters. The molecule has 1 aliphatic heterocycles. The standard InChI is InChI=1S/C16H24N2O3/c1-3-21-14-9-6-7-12(15(14)20-2)11-18-13-8-4-5-10-17-16(13)19/h6-7,9,13,18H,3-5,8,10-11H2,1-2H3,(H,17,19). The molecule has 5 heteroatoms. The summed E-state index contributed by atoms with van der Waals surface area (Å²) in [5.74, 6) is 1.57. The lowest BCUT2D eigenvalue weighted by atomic mass is 10.1. The van der Waals surface area contributed by atoms with Crippen LogP contribution in [0.4, 0.5) is 0 Å². The normalized spacial score (nSPS) is 18.8. The molecule has 2 rings (SSSR count). The average Bonchev–Trinajstić information content (AvgIpc) is 2.70. The fraction of sp³-hybridized carbons (Fsp3) is 0.562. The second-order valence-corrected chi connectivity index (χ2v) is 5.10. The molecule has 5 nitrogen and oxygen atoms in total. The number of hydrogen-bond acceptors (Lipinski definition) is 4. The molecule has 1 aromatic carbocycles. The van der Waals surface area contributed by atoms with E-state index in [-0.39, 0.29) is 11.9 Å². The number of nitrogens with one attached hydrogen (secondary N) is 2. The maximum atomic E-state index is 11.9. The Bertz CT molecular complexity index is 477. The van der Waals surface area contributed by atoms with Crippen LogP contribution < -0.4 is 20.1 Å². The number of carbonyl (C=O) groups is 1. The molecular weight excluding hydrogens is 268 g/mol. The molecule has 0 aromatic heterocycles. The van der Waals surface area contributed by atoms with Crippen molar-refractivity contribution in [3.8, 4) is 11.5 Å². The van der Waals surface area contributed by atoms with Crippen LogP contribution in [-0.2, 0) is 11.3 Å². The lowest BCUT2D eigenvalue weighted by Crippen LogP contribution is -2.42. The average molecular weight is 292 g/mol. The number of para-hydroxylation sites is 1. The van der Waals surface area contributed by atoms with Crippen molar-refractivity contribution in [2.45, 2.75) is 38.8 Å². The van der Waals surface area contributed by atoms with Crippen LogP contribution in [0.2, 0.25) is 0 Å². The Morgan fingerprint density at radius 2 is 2.24 bits per heavy atom. The number of amides is 1. The zero-order valence-corrected chi connectivity index (χ0v) is 12.8. The highest BCUT2D eigenvalue weighted by atomic mass is 16.5. The van der Waals surface area contributed by atoms with Crippen molar-refractivity contribution in [1.29, 1.82) is 0 Å². The lowest BCUT2D eigenvalue weighted by molar-refractivity contribution is -0.122. The third-order valence-corrected chi connectivity index (χ3v) is 3.64. The Hall–Kier alpha value is -1.75. The molecule has 0 radical (unpaired) electrons. The summed E-state index contributed by atoms with van der Waals surface area (Å²) < 4.78 is 11.0. The summed E-state index contributed by atoms with van der Waals surface area (Å²) in [4.78, 5) is 11.9. The van der Waals surface area contributed by atoms with Gasteiger partial charge in [-0.25, -0.2) is 0 Å². The number of rotatable bonds is 6. The second-order valence-electron chi connectivity index (χ2n) is 5.10. The van der Waals surface area contributed by atoms with Gasteiger partial charge in [0.25, 0.3) is 0 Å². The third kappa shape index (κ3) is 4.11. The molecule has 1 aromatic rings. The zero-order valence-electron chi connectivity index (χ0n) is 12.8. The summed E-state index contributed by atoms with van der Waals surface area (Å²) >= 11 is 0. The van der Waals surface area contributed by atoms with Gasteiger partial charge in [-0.2, -0.15) is 0 Å². The van der Waals surface area contributed by atoms with E-state index in [9.17, 15) is 4.79 Å². The van der Waals surface area contributed by atoms with Crippen LogP contribution in [0.1, 0.15) is 31.7 Å². The van der Waals surface area contributed by atoms with E-state index in [0.717, 1.165) is 42.9 Å². The molecule has 0 bridgehead atoms. The molecule has 1 saturated heterocycles. The Labute approximate surface area is 126 Å². The van der Waals surface area contributed by atoms with Crippen molar-refractivity contribution in [2.24, 2.45) is 0 Å². The zero-order chi connectivity index (χ0) is 15.1. The smallest absolute Gasteiger partial charge is 0.237 e. The first-order valence-corrected chi connectivity index (χ1v) is 7.56. The first-order valence-electron chi connectivity index (χ1n) is 7.56. The Morgan fingerprint density at radius 3 is 3.00 bits per heavy atom. The molecule has 116 valence electrons. The maximum absolute atomic E-state index is 11.9. The van der Waals surface area contributed by atoms with Crippen molar-refractivity contribution < 1.29 is 14.3 Å². The number of ether oxygens (including phenoxy) is 2. The first-order chi connectivity index (χ1) is 10.3. The first kappa shape index (κ1) is 15.6. The Balaban J connectivity index is 2.05. The van der Waals surface area contributed by atoms with E-state index in [1.807, 2.05) is 25.1 Å². The molecule has 1 aliphatic rings. The van der Waals surface area contributed by atoms with Crippen LogP contribution in [0.3, 0.4) is 0 Å². The monoisotopic (exact) mass is 292 g/mol. The van der Waals surface area contributed by atoms with E-state index in [0.29, 0.717) is 13.2 Å². The van der Waals surface area contributed by atoms with Gasteiger partial charge >= 0.3 is 0 Å². The van der Waals surface area contributed by atoms with Gasteiger partial charge in [0.2, 0.25) is 5.91 Å². The molecular formula is C16H24N2O3. The molecule has 21 heavy (non-hydrogen) atoms. The van der Waals surface area contributed by atoms with Crippen LogP contribution in [-0.4, -0.2) is 32.2 Å². The highest BCUT2D eigenvalue weighted by Gasteiger charge is 2.20. The van der Waals surface area contributed by atoms with Gasteiger partial charge in [-0.1, -0.05) is 12.1 Å². The van der Waals surface area contributed by atoms with Crippen molar-refractivity contribution in [3.05, 3.63) is 23.8 Å². The Kier molecular flexibility index (Phi) is 5.87. The predicted molar refractivity (Wildman–Crippen MR) is 81.7 cm³/mol. The van der Waals surface area contributed by atoms with Gasteiger partial charge in [0.15, 0.2) is 11.5 Å². The van der Waals surface area contributed by atoms with Gasteiger partial charge in [0.1, 0.15) is 0 Å². The van der Waals surface area contributed by atoms with E-state index >= 15 is 0 Å². The fourth-order valence-electron chi connectivity index (χ4n) is 2.57. The minimum atomic E-state index is -0.132. The Morgan fingerprint density at radius 1 is 1.38 bits per heavy atom. The van der Waals surface area contributed by atoms with Crippen LogP contribution in [0.5, 0.6) is 11.5 Å². The number of methoxy groups -OCH3 is 1. The van der Waals surface area contributed by atoms with E-state index in [2.05, 4.69) is 10.6 Å². The summed E-state index contributed by atoms with van der Waals surface area (Å²) in [6.45, 7) is 3.90. The number of carbonyl (C=O) groups excluding carboxylic acids is 1. The lowest BCUT2D eigenvalue weighted by Gasteiger charge is -2.18. The number of hydrogen-bond donors (Lipinski definition) is 2. The third-order valence-electron chi connectivity index (χ3n) is 3.64. The molecule has 0 aliphatic carbocycles. The highest BCUT2D eigenvalue weighted by Crippen LogP contribution is 2.31. The van der Waals surface area contributed by atoms with Crippen LogP contribution in [0.25, 0.3) is 0 Å². The van der Waals surface area contributed by atoms with Gasteiger partial charge < -0.3 is 20.1 Å². The van der Waals surface area contributed by atoms with Crippen molar-refractivity contribution in [2.75, 3.05) is 20.3 Å². The molecule has 1 unspecified atom stereocenters. The van der Waals surface area contributed by atoms with Crippen LogP contribution in [0.15, 0.2) is 18.2 Å². The van der Waals surface area contributed by atoms with E-state index in [1.54, 1.807) is 7.11 Å². The SMILES string of the molecule is CCOc1cccc(CNC2CCCCNC2=O)c1OC. The topological polar surface area (TPSA) is 59.6 Å². The molecule has 0 spiro atoms. The summed E-state index contributed by atoms with van der Waals surface area (Å²) in [5.41, 5.74) is 1.00. The van der Waals surface area contributed by atoms with E-state index in [1.165, 1.54) is 0 Å². The van der Waals surface area contributed by atoms with Gasteiger partial charge in [-0.3, -0.25) is 4.79 Å². The maximum Gasteiger partial charge on any atom is 0.237 e. The number of benzene rings is 1. The van der Waals surface area contributed by atoms with E-state index < -0.39 is 0 Å². The highest BCUT2D eigenvalue weighted by molar-refractivity contribution is 5.81. The van der Waals surface area contributed by atoms with Crippen LogP contribution >= 0.6 is 0 Å². The van der Waals surface area contributed by atoms with Gasteiger partial charge in [0.05, 0.1) is 19.8 Å². The molecule has 1 fully saturated rings. The second kappa shape index (κ2) is 7.88. The molecule has 2 N–H and O–H groups in total. The van der Waals surface area contributed by atoms with Gasteiger partial charge in [0, 0.05) is 18.7 Å². The summed E-state index contributed by atoms with van der Waals surface area (Å²) in [7, 11) is 1.64. The van der Waals surface area contributed by atoms with Crippen LogP contribution in [0, 0.1) is 0 Å². The molecule has 1 heterocycles. The summed E-state index contributed by atoms with van der Waals surface area (Å²) in [6, 6.07) is 5.69. The minimum absolute atomic E-state index is 0.0902. The van der Waals surface area contributed by atoms with Crippen molar-refractivity contribution in [3.63, 3.8) is 0 Å². The predicted octanol–water partition coefficient (Wildman–Crippen LogP) is 1.85. The quantitative estimate of drug-likeness (QED) is 0.840. The minimum Gasteiger partial charge on any atom is -0.493 e. The van der Waals surface area contributed by atoms with Gasteiger partial charge in [-0.05, 0) is 32.3 Å². The molecule has 1 amide bonds. The summed E-state index contributed by atoms with van der Waals surface area (Å²) in [6.07, 6.45) is 2.99. The van der Waals surface area contributed by atoms with Crippen molar-refractivity contribution in [1.82, 2.24) is 10.6 Å².